The molecule has 0 aliphatic carbocycles. The van der Waals surface area contributed by atoms with Crippen LogP contribution in [0.3, 0.4) is 0 Å². The summed E-state index contributed by atoms with van der Waals surface area (Å²) in [4.78, 5) is 2.59. The lowest BCUT2D eigenvalue weighted by Gasteiger charge is -2.22. The number of nitrogens with zero attached hydrogens (tertiary/aromatic N) is 1. The third kappa shape index (κ3) is 4.84. The summed E-state index contributed by atoms with van der Waals surface area (Å²) in [5.74, 6) is 0. The first kappa shape index (κ1) is 14.0. The van der Waals surface area contributed by atoms with Crippen LogP contribution in [0, 0.1) is 5.41 Å². The molecular formula is C14H32N2. The van der Waals surface area contributed by atoms with E-state index in [1.54, 1.807) is 0 Å². The Bertz CT molecular complexity index is 195. The minimum atomic E-state index is 0. The van der Waals surface area contributed by atoms with Crippen LogP contribution in [-0.4, -0.2) is 37.1 Å². The lowest BCUT2D eigenvalue weighted by molar-refractivity contribution is 0.265. The van der Waals surface area contributed by atoms with Crippen LogP contribution in [0.2, 0.25) is 0 Å². The number of unbranched alkanes of at least 4 members (excludes halogenated alkanes) is 1. The van der Waals surface area contributed by atoms with Gasteiger partial charge >= 0.3 is 0 Å². The van der Waals surface area contributed by atoms with Crippen LogP contribution in [0.25, 0.3) is 0 Å². The number of rotatable bonds is 7. The van der Waals surface area contributed by atoms with Gasteiger partial charge in [0.2, 0.25) is 0 Å². The summed E-state index contributed by atoms with van der Waals surface area (Å²) in [5.41, 5.74) is 0.519. The predicted molar refractivity (Wildman–Crippen MR) is 73.9 cm³/mol. The van der Waals surface area contributed by atoms with Crippen LogP contribution in [0.1, 0.15) is 54.8 Å². The minimum absolute atomic E-state index is 0. The Morgan fingerprint density at radius 3 is 2.56 bits per heavy atom. The molecule has 0 spiro atoms. The molecule has 1 fully saturated rings. The van der Waals surface area contributed by atoms with E-state index in [2.05, 4.69) is 37.9 Å². The number of nitrogens with one attached hydrogen (secondary N) is 1. The highest BCUT2D eigenvalue weighted by molar-refractivity contribution is 4.87. The topological polar surface area (TPSA) is 15.3 Å². The summed E-state index contributed by atoms with van der Waals surface area (Å²) in [5, 5.41) is 3.66. The van der Waals surface area contributed by atoms with Crippen LogP contribution in [-0.2, 0) is 0 Å². The van der Waals surface area contributed by atoms with Gasteiger partial charge in [-0.15, -0.1) is 0 Å². The molecule has 0 radical (unpaired) electrons. The average molecular weight is 228 g/mol. The largest absolute Gasteiger partial charge is 0.313 e. The highest BCUT2D eigenvalue weighted by atomic mass is 15.1. The summed E-state index contributed by atoms with van der Waals surface area (Å²) in [6, 6.07) is 0.755. The summed E-state index contributed by atoms with van der Waals surface area (Å²) in [6.07, 6.45) is 5.32. The van der Waals surface area contributed by atoms with Crippen LogP contribution in [0.5, 0.6) is 0 Å². The molecule has 1 rings (SSSR count). The Hall–Kier alpha value is -0.0800. The Kier molecular flexibility index (Phi) is 5.77. The van der Waals surface area contributed by atoms with Crippen molar-refractivity contribution in [3.63, 3.8) is 0 Å². The number of hydrogen-bond donors (Lipinski definition) is 1. The molecule has 1 N–H and O–H groups in total. The molecule has 0 aromatic carbocycles. The minimum Gasteiger partial charge on any atom is -0.313 e. The van der Waals surface area contributed by atoms with Gasteiger partial charge in [0, 0.05) is 14.0 Å². The summed E-state index contributed by atoms with van der Waals surface area (Å²) < 4.78 is 0. The molecule has 0 bridgehead atoms. The fourth-order valence-electron chi connectivity index (χ4n) is 2.58. The molecule has 0 aromatic rings. The molecule has 98 valence electrons. The molecule has 16 heavy (non-hydrogen) atoms. The van der Waals surface area contributed by atoms with E-state index in [0.29, 0.717) is 5.41 Å². The first-order valence-electron chi connectivity index (χ1n) is 7.03. The fraction of sp³-hybridized carbons (Fsp3) is 1.00. The summed E-state index contributed by atoms with van der Waals surface area (Å²) >= 11 is 0. The third-order valence-corrected chi connectivity index (χ3v) is 3.74. The second kappa shape index (κ2) is 6.61. The summed E-state index contributed by atoms with van der Waals surface area (Å²) in [7, 11) is 0. The van der Waals surface area contributed by atoms with Crippen LogP contribution in [0.15, 0.2) is 0 Å². The highest BCUT2D eigenvalue weighted by Crippen LogP contribution is 2.28. The third-order valence-electron chi connectivity index (χ3n) is 3.74. The first-order chi connectivity index (χ1) is 7.57. The molecular weight excluding hydrogens is 196 g/mol. The molecule has 1 heterocycles. The predicted octanol–water partition coefficient (Wildman–Crippen LogP) is 3.13. The van der Waals surface area contributed by atoms with Gasteiger partial charge in [-0.3, -0.25) is 0 Å². The second-order valence-electron chi connectivity index (χ2n) is 6.02. The van der Waals surface area contributed by atoms with E-state index in [4.69, 9.17) is 0 Å². The molecule has 0 saturated carbocycles. The summed E-state index contributed by atoms with van der Waals surface area (Å²) in [6.45, 7) is 14.2. The molecule has 1 unspecified atom stereocenters. The zero-order chi connectivity index (χ0) is 12.0. The average Bonchev–Trinajstić information content (AvgIpc) is 2.59. The Morgan fingerprint density at radius 1 is 1.31 bits per heavy atom. The SMILES string of the molecule is CCCCN(CC)CCC1CC(C)(C)CN1.[HH]. The van der Waals surface area contributed by atoms with Gasteiger partial charge in [-0.2, -0.15) is 0 Å². The zero-order valence-corrected chi connectivity index (χ0v) is 11.7. The van der Waals surface area contributed by atoms with Gasteiger partial charge in [0.1, 0.15) is 0 Å². The lowest BCUT2D eigenvalue weighted by atomic mass is 9.90. The molecule has 1 atom stereocenters. The van der Waals surface area contributed by atoms with Crippen molar-refractivity contribution in [3.05, 3.63) is 0 Å². The normalized spacial score (nSPS) is 24.2. The van der Waals surface area contributed by atoms with E-state index in [1.807, 2.05) is 0 Å². The van der Waals surface area contributed by atoms with Gasteiger partial charge in [-0.05, 0) is 44.3 Å². The van der Waals surface area contributed by atoms with Crippen molar-refractivity contribution in [3.8, 4) is 0 Å². The second-order valence-corrected chi connectivity index (χ2v) is 6.02. The van der Waals surface area contributed by atoms with Gasteiger partial charge in [-0.1, -0.05) is 34.1 Å². The molecule has 2 heteroatoms. The van der Waals surface area contributed by atoms with Crippen molar-refractivity contribution in [2.45, 2.75) is 59.4 Å². The maximum Gasteiger partial charge on any atom is 0.00850 e. The van der Waals surface area contributed by atoms with E-state index >= 15 is 0 Å². The van der Waals surface area contributed by atoms with Crippen LogP contribution in [0.4, 0.5) is 0 Å². The maximum atomic E-state index is 3.66. The van der Waals surface area contributed by atoms with Gasteiger partial charge in [-0.25, -0.2) is 0 Å². The van der Waals surface area contributed by atoms with Crippen molar-refractivity contribution in [1.29, 1.82) is 0 Å². The van der Waals surface area contributed by atoms with E-state index < -0.39 is 0 Å². The molecule has 0 amide bonds. The van der Waals surface area contributed by atoms with E-state index in [9.17, 15) is 0 Å². The maximum absolute atomic E-state index is 3.66. The van der Waals surface area contributed by atoms with E-state index in [1.165, 1.54) is 51.9 Å². The first-order valence-corrected chi connectivity index (χ1v) is 7.03. The van der Waals surface area contributed by atoms with Crippen molar-refractivity contribution < 1.29 is 1.43 Å². The van der Waals surface area contributed by atoms with E-state index in [-0.39, 0.29) is 1.43 Å². The zero-order valence-electron chi connectivity index (χ0n) is 11.7. The monoisotopic (exact) mass is 228 g/mol. The van der Waals surface area contributed by atoms with Gasteiger partial charge in [0.15, 0.2) is 0 Å². The smallest absolute Gasteiger partial charge is 0.00850 e. The van der Waals surface area contributed by atoms with Crippen molar-refractivity contribution >= 4 is 0 Å². The quantitative estimate of drug-likeness (QED) is 0.720. The molecule has 1 aliphatic heterocycles. The lowest BCUT2D eigenvalue weighted by Crippen LogP contribution is -2.31. The standard InChI is InChI=1S/C14H30N2.H2/c1-5-7-9-16(6-2)10-8-13-11-14(3,4)12-15-13;/h13,15H,5-12H2,1-4H3;1H. The Balaban J connectivity index is 0.00000256. The van der Waals surface area contributed by atoms with Gasteiger partial charge in [0.25, 0.3) is 0 Å². The van der Waals surface area contributed by atoms with Crippen molar-refractivity contribution in [1.82, 2.24) is 10.2 Å². The van der Waals surface area contributed by atoms with Crippen molar-refractivity contribution in [2.75, 3.05) is 26.2 Å². The van der Waals surface area contributed by atoms with Crippen LogP contribution < -0.4 is 5.32 Å². The fourth-order valence-corrected chi connectivity index (χ4v) is 2.58. The van der Waals surface area contributed by atoms with E-state index in [0.717, 1.165) is 6.04 Å². The van der Waals surface area contributed by atoms with Gasteiger partial charge in [0.05, 0.1) is 0 Å². The highest BCUT2D eigenvalue weighted by Gasteiger charge is 2.30. The number of hydrogen-bond acceptors (Lipinski definition) is 2. The molecule has 1 saturated heterocycles. The Morgan fingerprint density at radius 2 is 2.06 bits per heavy atom. The Labute approximate surface area is 103 Å². The molecule has 0 aromatic heterocycles. The van der Waals surface area contributed by atoms with Gasteiger partial charge < -0.3 is 10.2 Å². The van der Waals surface area contributed by atoms with Crippen molar-refractivity contribution in [2.24, 2.45) is 5.41 Å². The molecule has 1 aliphatic rings. The molecule has 2 nitrogen and oxygen atoms in total. The van der Waals surface area contributed by atoms with Crippen LogP contribution >= 0.6 is 0 Å².